The normalized spacial score (nSPS) is 39.6. The molecule has 2 atom stereocenters. The lowest BCUT2D eigenvalue weighted by molar-refractivity contribution is -0.0454. The molecule has 0 aromatic rings. The van der Waals surface area contributed by atoms with Crippen LogP contribution in [-0.4, -0.2) is 17.4 Å². The van der Waals surface area contributed by atoms with Gasteiger partial charge in [0.15, 0.2) is 0 Å². The Bertz CT molecular complexity index is 122. The minimum Gasteiger partial charge on any atom is -0.390 e. The number of rotatable bonds is 0. The monoisotopic (exact) mass is 146 g/mol. The van der Waals surface area contributed by atoms with Gasteiger partial charge in [-0.15, -0.1) is 0 Å². The van der Waals surface area contributed by atoms with E-state index in [0.717, 1.165) is 12.8 Å². The van der Waals surface area contributed by atoms with Crippen LogP contribution in [0.1, 0.15) is 33.1 Å². The molecule has 0 aliphatic heterocycles. The van der Waals surface area contributed by atoms with E-state index in [1.165, 1.54) is 0 Å². The molecule has 0 aromatic heterocycles. The summed E-state index contributed by atoms with van der Waals surface area (Å²) in [7, 11) is 0. The van der Waals surface area contributed by atoms with E-state index in [1.54, 1.807) is 0 Å². The van der Waals surface area contributed by atoms with Crippen LogP contribution in [0.2, 0.25) is 0 Å². The van der Waals surface area contributed by atoms with Crippen molar-refractivity contribution in [3.8, 4) is 0 Å². The van der Waals surface area contributed by atoms with Gasteiger partial charge in [0.1, 0.15) is 6.17 Å². The molecular weight excluding hydrogens is 131 g/mol. The molecule has 1 fully saturated rings. The van der Waals surface area contributed by atoms with Gasteiger partial charge in [-0.25, -0.2) is 4.39 Å². The molecule has 0 amide bonds. The Morgan fingerprint density at radius 1 is 1.50 bits per heavy atom. The molecule has 0 saturated heterocycles. The first kappa shape index (κ1) is 7.99. The predicted molar refractivity (Wildman–Crippen MR) is 38.5 cm³/mol. The van der Waals surface area contributed by atoms with Crippen molar-refractivity contribution >= 4 is 0 Å². The maximum Gasteiger partial charge on any atom is 0.126 e. The second-order valence-electron chi connectivity index (χ2n) is 3.84. The maximum atomic E-state index is 12.8. The first-order chi connectivity index (χ1) is 4.54. The molecule has 1 saturated carbocycles. The number of hydrogen-bond donors (Lipinski definition) is 1. The number of hydrogen-bond acceptors (Lipinski definition) is 1. The van der Waals surface area contributed by atoms with Gasteiger partial charge in [-0.2, -0.15) is 0 Å². The molecule has 0 radical (unpaired) electrons. The van der Waals surface area contributed by atoms with Crippen molar-refractivity contribution in [2.75, 3.05) is 0 Å². The molecule has 0 spiro atoms. The van der Waals surface area contributed by atoms with Gasteiger partial charge in [-0.05, 0) is 24.7 Å². The van der Waals surface area contributed by atoms with Crippen LogP contribution in [0.25, 0.3) is 0 Å². The van der Waals surface area contributed by atoms with Crippen LogP contribution in [0.15, 0.2) is 0 Å². The highest BCUT2D eigenvalue weighted by molar-refractivity contribution is 4.87. The van der Waals surface area contributed by atoms with Gasteiger partial charge in [0.25, 0.3) is 0 Å². The Hall–Kier alpha value is -0.110. The number of alkyl halides is 1. The second kappa shape index (κ2) is 2.50. The Labute approximate surface area is 61.2 Å². The highest BCUT2D eigenvalue weighted by atomic mass is 19.1. The largest absolute Gasteiger partial charge is 0.390 e. The average molecular weight is 146 g/mol. The minimum atomic E-state index is -0.997. The minimum absolute atomic E-state index is 0.211. The summed E-state index contributed by atoms with van der Waals surface area (Å²) in [6.45, 7) is 3.84. The maximum absolute atomic E-state index is 12.8. The van der Waals surface area contributed by atoms with Gasteiger partial charge in [0.05, 0.1) is 6.10 Å². The molecule has 0 heterocycles. The second-order valence-corrected chi connectivity index (χ2v) is 3.84. The van der Waals surface area contributed by atoms with Crippen LogP contribution in [0.4, 0.5) is 4.39 Å². The summed E-state index contributed by atoms with van der Waals surface area (Å²) >= 11 is 0. The van der Waals surface area contributed by atoms with E-state index in [9.17, 15) is 9.50 Å². The van der Waals surface area contributed by atoms with E-state index < -0.39 is 12.3 Å². The molecule has 1 nitrogen and oxygen atoms in total. The molecule has 1 aliphatic rings. The molecule has 60 valence electrons. The van der Waals surface area contributed by atoms with Gasteiger partial charge in [0.2, 0.25) is 0 Å². The summed E-state index contributed by atoms with van der Waals surface area (Å²) in [4.78, 5) is 0. The quantitative estimate of drug-likeness (QED) is 0.553. The highest BCUT2D eigenvalue weighted by Crippen LogP contribution is 2.36. The fraction of sp³-hybridized carbons (Fsp3) is 1.00. The molecular formula is C8H15FO. The van der Waals surface area contributed by atoms with Crippen molar-refractivity contribution in [3.05, 3.63) is 0 Å². The third-order valence-corrected chi connectivity index (χ3v) is 2.44. The number of halogens is 1. The fourth-order valence-electron chi connectivity index (χ4n) is 1.55. The third kappa shape index (κ3) is 1.31. The van der Waals surface area contributed by atoms with Crippen LogP contribution >= 0.6 is 0 Å². The van der Waals surface area contributed by atoms with Gasteiger partial charge < -0.3 is 5.11 Å². The van der Waals surface area contributed by atoms with Crippen molar-refractivity contribution in [2.24, 2.45) is 5.41 Å². The molecule has 0 unspecified atom stereocenters. The van der Waals surface area contributed by atoms with Gasteiger partial charge in [0, 0.05) is 0 Å². The standard InChI is InChI=1S/C8H15FO/c1-8(2)5-3-4-6(9)7(8)10/h6-7,10H,3-5H2,1-2H3/t6-,7-/m1/s1. The summed E-state index contributed by atoms with van der Waals surface area (Å²) in [5, 5.41) is 9.33. The number of aliphatic hydroxyl groups excluding tert-OH is 1. The third-order valence-electron chi connectivity index (χ3n) is 2.44. The Morgan fingerprint density at radius 2 is 2.10 bits per heavy atom. The van der Waals surface area contributed by atoms with Crippen molar-refractivity contribution < 1.29 is 9.50 Å². The summed E-state index contributed by atoms with van der Waals surface area (Å²) < 4.78 is 12.8. The van der Waals surface area contributed by atoms with E-state index in [0.29, 0.717) is 6.42 Å². The predicted octanol–water partition coefficient (Wildman–Crippen LogP) is 1.90. The van der Waals surface area contributed by atoms with Crippen LogP contribution in [-0.2, 0) is 0 Å². The summed E-state index contributed by atoms with van der Waals surface area (Å²) in [5.41, 5.74) is -0.211. The summed E-state index contributed by atoms with van der Waals surface area (Å²) in [6, 6.07) is 0. The van der Waals surface area contributed by atoms with E-state index in [4.69, 9.17) is 0 Å². The molecule has 1 aliphatic carbocycles. The van der Waals surface area contributed by atoms with Crippen molar-refractivity contribution in [1.29, 1.82) is 0 Å². The molecule has 1 N–H and O–H groups in total. The topological polar surface area (TPSA) is 20.2 Å². The smallest absolute Gasteiger partial charge is 0.126 e. The van der Waals surface area contributed by atoms with Crippen LogP contribution in [0.5, 0.6) is 0 Å². The molecule has 0 aromatic carbocycles. The zero-order valence-electron chi connectivity index (χ0n) is 6.60. The van der Waals surface area contributed by atoms with Crippen LogP contribution < -0.4 is 0 Å². The summed E-state index contributed by atoms with van der Waals surface area (Å²) in [6.07, 6.45) is 0.634. The fourth-order valence-corrected chi connectivity index (χ4v) is 1.55. The first-order valence-corrected chi connectivity index (χ1v) is 3.86. The Balaban J connectivity index is 2.60. The number of aliphatic hydroxyl groups is 1. The van der Waals surface area contributed by atoms with Crippen molar-refractivity contribution in [3.63, 3.8) is 0 Å². The van der Waals surface area contributed by atoms with Gasteiger partial charge >= 0.3 is 0 Å². The zero-order chi connectivity index (χ0) is 7.78. The highest BCUT2D eigenvalue weighted by Gasteiger charge is 2.37. The average Bonchev–Trinajstić information content (AvgIpc) is 1.83. The molecule has 2 heteroatoms. The molecule has 1 rings (SSSR count). The van der Waals surface area contributed by atoms with Crippen molar-refractivity contribution in [2.45, 2.75) is 45.4 Å². The van der Waals surface area contributed by atoms with E-state index in [1.807, 2.05) is 13.8 Å². The van der Waals surface area contributed by atoms with E-state index >= 15 is 0 Å². The summed E-state index contributed by atoms with van der Waals surface area (Å²) in [5.74, 6) is 0. The molecule has 0 bridgehead atoms. The lowest BCUT2D eigenvalue weighted by Gasteiger charge is -2.37. The Morgan fingerprint density at radius 3 is 2.50 bits per heavy atom. The van der Waals surface area contributed by atoms with Crippen molar-refractivity contribution in [1.82, 2.24) is 0 Å². The van der Waals surface area contributed by atoms with E-state index in [2.05, 4.69) is 0 Å². The zero-order valence-corrected chi connectivity index (χ0v) is 6.60. The SMILES string of the molecule is CC1(C)CCC[C@@H](F)[C@H]1O. The van der Waals surface area contributed by atoms with Gasteiger partial charge in [-0.1, -0.05) is 13.8 Å². The van der Waals surface area contributed by atoms with E-state index in [-0.39, 0.29) is 5.41 Å². The first-order valence-electron chi connectivity index (χ1n) is 3.86. The van der Waals surface area contributed by atoms with Gasteiger partial charge in [-0.3, -0.25) is 0 Å². The molecule has 10 heavy (non-hydrogen) atoms. The lowest BCUT2D eigenvalue weighted by Crippen LogP contribution is -2.40. The Kier molecular flexibility index (Phi) is 1.99. The van der Waals surface area contributed by atoms with Crippen LogP contribution in [0, 0.1) is 5.41 Å². The van der Waals surface area contributed by atoms with Crippen LogP contribution in [0.3, 0.4) is 0 Å². The lowest BCUT2D eigenvalue weighted by atomic mass is 9.74.